The molecular weight excluding hydrogens is 256 g/mol. The van der Waals surface area contributed by atoms with E-state index in [0.29, 0.717) is 18.1 Å². The van der Waals surface area contributed by atoms with E-state index in [0.717, 1.165) is 0 Å². The Kier molecular flexibility index (Phi) is 5.83. The molecule has 1 unspecified atom stereocenters. The van der Waals surface area contributed by atoms with Crippen LogP contribution in [0.4, 0.5) is 0 Å². The number of rotatable bonds is 5. The first kappa shape index (κ1) is 16.5. The van der Waals surface area contributed by atoms with E-state index in [9.17, 15) is 0 Å². The monoisotopic (exact) mass is 288 g/mol. The van der Waals surface area contributed by atoms with E-state index in [2.05, 4.69) is 50.8 Å². The molecule has 0 radical (unpaired) electrons. The lowest BCUT2D eigenvalue weighted by molar-refractivity contribution is 0.107. The minimum absolute atomic E-state index is 0.431. The van der Waals surface area contributed by atoms with E-state index in [4.69, 9.17) is 5.73 Å². The molecular formula is C19H32N2. The Hall–Kier alpha value is -0.860. The molecule has 0 aliphatic heterocycles. The molecule has 0 amide bonds. The van der Waals surface area contributed by atoms with Crippen molar-refractivity contribution in [2.24, 2.45) is 5.73 Å². The molecule has 1 atom stereocenters. The van der Waals surface area contributed by atoms with Crippen molar-refractivity contribution in [2.75, 3.05) is 6.54 Å². The summed E-state index contributed by atoms with van der Waals surface area (Å²) in [6, 6.07) is 8.50. The van der Waals surface area contributed by atoms with Crippen molar-refractivity contribution in [3.8, 4) is 0 Å². The smallest absolute Gasteiger partial charge is 0.0325 e. The second kappa shape index (κ2) is 7.42. The molecule has 1 saturated carbocycles. The van der Waals surface area contributed by atoms with Gasteiger partial charge in [-0.25, -0.2) is 0 Å². The molecule has 2 N–H and O–H groups in total. The number of aryl methyl sites for hydroxylation is 2. The lowest BCUT2D eigenvalue weighted by Gasteiger charge is -2.40. The number of nitrogens with two attached hydrogens (primary N) is 1. The molecule has 1 aromatic rings. The third-order valence-electron chi connectivity index (χ3n) is 5.07. The minimum Gasteiger partial charge on any atom is -0.328 e. The van der Waals surface area contributed by atoms with Crippen molar-refractivity contribution < 1.29 is 0 Å². The summed E-state index contributed by atoms with van der Waals surface area (Å²) < 4.78 is 0. The number of hydrogen-bond acceptors (Lipinski definition) is 2. The molecule has 21 heavy (non-hydrogen) atoms. The molecule has 1 aromatic carbocycles. The zero-order valence-electron chi connectivity index (χ0n) is 14.2. The second-order valence-corrected chi connectivity index (χ2v) is 6.84. The Morgan fingerprint density at radius 2 is 1.86 bits per heavy atom. The van der Waals surface area contributed by atoms with Gasteiger partial charge in [-0.2, -0.15) is 0 Å². The first-order valence-corrected chi connectivity index (χ1v) is 8.61. The van der Waals surface area contributed by atoms with Crippen molar-refractivity contribution in [1.82, 2.24) is 4.90 Å². The highest BCUT2D eigenvalue weighted by atomic mass is 15.2. The minimum atomic E-state index is 0.431. The van der Waals surface area contributed by atoms with E-state index in [1.54, 1.807) is 0 Å². The van der Waals surface area contributed by atoms with Crippen molar-refractivity contribution in [3.05, 3.63) is 34.9 Å². The Morgan fingerprint density at radius 3 is 2.48 bits per heavy atom. The summed E-state index contributed by atoms with van der Waals surface area (Å²) in [6.07, 6.45) is 6.11. The van der Waals surface area contributed by atoms with Crippen molar-refractivity contribution in [1.29, 1.82) is 0 Å². The van der Waals surface area contributed by atoms with Crippen LogP contribution in [-0.4, -0.2) is 23.5 Å². The summed E-state index contributed by atoms with van der Waals surface area (Å²) >= 11 is 0. The lowest BCUT2D eigenvalue weighted by Crippen LogP contribution is -2.42. The van der Waals surface area contributed by atoms with Crippen LogP contribution in [-0.2, 0) is 0 Å². The molecule has 0 saturated heterocycles. The molecule has 2 rings (SSSR count). The first-order chi connectivity index (χ1) is 10.0. The zero-order chi connectivity index (χ0) is 15.4. The van der Waals surface area contributed by atoms with Crippen LogP contribution >= 0.6 is 0 Å². The zero-order valence-corrected chi connectivity index (χ0v) is 14.2. The Labute approximate surface area is 130 Å². The molecule has 1 aliphatic carbocycles. The summed E-state index contributed by atoms with van der Waals surface area (Å²) in [5.74, 6) is 0. The molecule has 1 aliphatic rings. The molecule has 118 valence electrons. The lowest BCUT2D eigenvalue weighted by atomic mass is 9.88. The highest BCUT2D eigenvalue weighted by Gasteiger charge is 2.28. The van der Waals surface area contributed by atoms with Gasteiger partial charge in [0.05, 0.1) is 0 Å². The van der Waals surface area contributed by atoms with Crippen LogP contribution in [0.25, 0.3) is 0 Å². The maximum Gasteiger partial charge on any atom is 0.0325 e. The summed E-state index contributed by atoms with van der Waals surface area (Å²) in [5.41, 5.74) is 10.4. The highest BCUT2D eigenvalue weighted by Crippen LogP contribution is 2.31. The first-order valence-electron chi connectivity index (χ1n) is 8.61. The fraction of sp³-hybridized carbons (Fsp3) is 0.684. The SMILES string of the molecule is CCCN(C1CCC(N)CC1)C(C)c1cc(C)ccc1C. The average molecular weight is 288 g/mol. The Bertz CT molecular complexity index is 447. The van der Waals surface area contributed by atoms with Crippen LogP contribution < -0.4 is 5.73 Å². The van der Waals surface area contributed by atoms with Gasteiger partial charge >= 0.3 is 0 Å². The third kappa shape index (κ3) is 4.08. The topological polar surface area (TPSA) is 29.3 Å². The standard InChI is InChI=1S/C19H32N2/c1-5-12-21(18-10-8-17(20)9-11-18)16(4)19-13-14(2)6-7-15(19)3/h6-7,13,16-18H,5,8-12,20H2,1-4H3. The van der Waals surface area contributed by atoms with Gasteiger partial charge in [0, 0.05) is 18.1 Å². The maximum absolute atomic E-state index is 6.08. The van der Waals surface area contributed by atoms with E-state index in [1.165, 1.54) is 55.3 Å². The predicted molar refractivity (Wildman–Crippen MR) is 91.6 cm³/mol. The van der Waals surface area contributed by atoms with Crippen LogP contribution in [0.15, 0.2) is 18.2 Å². The number of nitrogens with zero attached hydrogens (tertiary/aromatic N) is 1. The third-order valence-corrected chi connectivity index (χ3v) is 5.07. The van der Waals surface area contributed by atoms with Crippen molar-refractivity contribution in [3.63, 3.8) is 0 Å². The van der Waals surface area contributed by atoms with Crippen LogP contribution in [0.2, 0.25) is 0 Å². The number of hydrogen-bond donors (Lipinski definition) is 1. The molecule has 2 nitrogen and oxygen atoms in total. The molecule has 2 heteroatoms. The number of benzene rings is 1. The van der Waals surface area contributed by atoms with E-state index >= 15 is 0 Å². The molecule has 0 aromatic heterocycles. The molecule has 0 spiro atoms. The quantitative estimate of drug-likeness (QED) is 0.873. The van der Waals surface area contributed by atoms with E-state index < -0.39 is 0 Å². The summed E-state index contributed by atoms with van der Waals surface area (Å²) in [7, 11) is 0. The Balaban J connectivity index is 2.18. The van der Waals surface area contributed by atoms with Gasteiger partial charge in [0.2, 0.25) is 0 Å². The fourth-order valence-corrected chi connectivity index (χ4v) is 3.77. The largest absolute Gasteiger partial charge is 0.328 e. The van der Waals surface area contributed by atoms with Gasteiger partial charge in [-0.3, -0.25) is 4.90 Å². The Morgan fingerprint density at radius 1 is 1.19 bits per heavy atom. The summed E-state index contributed by atoms with van der Waals surface area (Å²) in [5, 5.41) is 0. The van der Waals surface area contributed by atoms with Crippen LogP contribution in [0, 0.1) is 13.8 Å². The van der Waals surface area contributed by atoms with Crippen LogP contribution in [0.1, 0.15) is 68.7 Å². The van der Waals surface area contributed by atoms with Gasteiger partial charge in [-0.15, -0.1) is 0 Å². The van der Waals surface area contributed by atoms with Crippen LogP contribution in [0.3, 0.4) is 0 Å². The normalized spacial score (nSPS) is 24.3. The van der Waals surface area contributed by atoms with Gasteiger partial charge in [0.25, 0.3) is 0 Å². The van der Waals surface area contributed by atoms with E-state index in [1.807, 2.05) is 0 Å². The van der Waals surface area contributed by atoms with Crippen molar-refractivity contribution in [2.45, 2.75) is 77.9 Å². The average Bonchev–Trinajstić information content (AvgIpc) is 2.48. The van der Waals surface area contributed by atoms with Gasteiger partial charge < -0.3 is 5.73 Å². The van der Waals surface area contributed by atoms with Gasteiger partial charge in [-0.05, 0) is 70.5 Å². The van der Waals surface area contributed by atoms with Gasteiger partial charge in [0.1, 0.15) is 0 Å². The van der Waals surface area contributed by atoms with Gasteiger partial charge in [-0.1, -0.05) is 30.7 Å². The summed E-state index contributed by atoms with van der Waals surface area (Å²) in [4.78, 5) is 2.73. The van der Waals surface area contributed by atoms with Crippen molar-refractivity contribution >= 4 is 0 Å². The fourth-order valence-electron chi connectivity index (χ4n) is 3.77. The highest BCUT2D eigenvalue weighted by molar-refractivity contribution is 5.32. The molecule has 1 fully saturated rings. The van der Waals surface area contributed by atoms with Gasteiger partial charge in [0.15, 0.2) is 0 Å². The van der Waals surface area contributed by atoms with E-state index in [-0.39, 0.29) is 0 Å². The maximum atomic E-state index is 6.08. The van der Waals surface area contributed by atoms with Crippen LogP contribution in [0.5, 0.6) is 0 Å². The second-order valence-electron chi connectivity index (χ2n) is 6.84. The summed E-state index contributed by atoms with van der Waals surface area (Å²) in [6.45, 7) is 10.3. The molecule has 0 bridgehead atoms. The molecule has 0 heterocycles. The predicted octanol–water partition coefficient (Wildman–Crippen LogP) is 4.35.